The molecule has 17 N–H and O–H groups in total. The van der Waals surface area contributed by atoms with E-state index in [4.69, 9.17) is 47.6 Å². The average Bonchev–Trinajstić information content (AvgIpc) is 2.90. The van der Waals surface area contributed by atoms with Gasteiger partial charge in [0.1, 0.15) is 54.9 Å². The molecule has 2 saturated heterocycles. The van der Waals surface area contributed by atoms with E-state index >= 15 is 0 Å². The van der Waals surface area contributed by atoms with Gasteiger partial charge in [-0.1, -0.05) is 0 Å². The van der Waals surface area contributed by atoms with Crippen molar-refractivity contribution in [3.63, 3.8) is 0 Å². The van der Waals surface area contributed by atoms with E-state index in [1.165, 1.54) is 0 Å². The third kappa shape index (κ3) is 10.9. The largest absolute Gasteiger partial charge is 0.388 e. The molecule has 0 spiro atoms. The SMILES string of the molecule is C[C@H]1O[C@H](O[C@@H]2[C@@H](O)[C@H](O[C@H]3O[C@H](CN)[C@@H](O)[C@H](O)[C@H]3N)[C@@H](N)C[C@H]2NC(=O)[C@@H](O)CCN)[C@H](O)[C@@H](O)[C@@H]1N.Cl.Cl.Cl.Cl.Cl. The van der Waals surface area contributed by atoms with Crippen LogP contribution in [0.1, 0.15) is 19.8 Å². The maximum absolute atomic E-state index is 12.6. The van der Waals surface area contributed by atoms with Crippen LogP contribution in [0.25, 0.3) is 0 Å². The van der Waals surface area contributed by atoms with Crippen LogP contribution >= 0.6 is 62.0 Å². The fourth-order valence-electron chi connectivity index (χ4n) is 5.05. The minimum Gasteiger partial charge on any atom is -0.388 e. The molecule has 3 fully saturated rings. The third-order valence-corrected chi connectivity index (χ3v) is 7.57. The lowest BCUT2D eigenvalue weighted by Gasteiger charge is -2.49. The van der Waals surface area contributed by atoms with Crippen LogP contribution in [0, 0.1) is 0 Å². The molecule has 1 aliphatic carbocycles. The number of amides is 1. The Kier molecular flexibility index (Phi) is 23.6. The van der Waals surface area contributed by atoms with Crippen molar-refractivity contribution in [2.75, 3.05) is 13.1 Å². The second-order valence-electron chi connectivity index (χ2n) is 10.4. The summed E-state index contributed by atoms with van der Waals surface area (Å²) in [6, 6.07) is -4.11. The molecule has 17 nitrogen and oxygen atoms in total. The summed E-state index contributed by atoms with van der Waals surface area (Å²) in [7, 11) is 0. The Balaban J connectivity index is -0.00000336. The normalized spacial score (nSPS) is 42.5. The molecule has 16 atom stereocenters. The van der Waals surface area contributed by atoms with Crippen LogP contribution in [0.5, 0.6) is 0 Å². The van der Waals surface area contributed by atoms with Crippen LogP contribution in [0.15, 0.2) is 0 Å². The highest BCUT2D eigenvalue weighted by atomic mass is 35.5. The monoisotopic (exact) mass is 748 g/mol. The van der Waals surface area contributed by atoms with E-state index in [1.54, 1.807) is 6.92 Å². The van der Waals surface area contributed by atoms with Gasteiger partial charge in [0.25, 0.3) is 0 Å². The number of rotatable bonds is 9. The van der Waals surface area contributed by atoms with E-state index in [2.05, 4.69) is 5.32 Å². The van der Waals surface area contributed by atoms with Gasteiger partial charge in [-0.25, -0.2) is 0 Å². The van der Waals surface area contributed by atoms with Crippen LogP contribution in [0.4, 0.5) is 0 Å². The van der Waals surface area contributed by atoms with Gasteiger partial charge in [0, 0.05) is 12.6 Å². The number of nitrogens with two attached hydrogens (primary N) is 5. The number of nitrogens with one attached hydrogen (secondary N) is 1. The number of ether oxygens (including phenoxy) is 4. The van der Waals surface area contributed by atoms with Gasteiger partial charge >= 0.3 is 0 Å². The van der Waals surface area contributed by atoms with E-state index < -0.39 is 104 Å². The maximum atomic E-state index is 12.6. The molecule has 2 heterocycles. The molecule has 2 aliphatic heterocycles. The van der Waals surface area contributed by atoms with Gasteiger partial charge in [-0.2, -0.15) is 0 Å². The van der Waals surface area contributed by atoms with Crippen LogP contribution in [0.2, 0.25) is 0 Å². The number of carbonyl (C=O) groups excluding carboxylic acids is 1. The van der Waals surface area contributed by atoms with Gasteiger partial charge < -0.3 is 83.6 Å². The lowest BCUT2D eigenvalue weighted by molar-refractivity contribution is -0.317. The Morgan fingerprint density at radius 2 is 1.36 bits per heavy atom. The highest BCUT2D eigenvalue weighted by Crippen LogP contribution is 2.31. The fraction of sp³-hybridized carbons (Fsp3) is 0.955. The van der Waals surface area contributed by atoms with E-state index in [0.717, 1.165) is 0 Å². The number of halogens is 5. The number of aliphatic hydroxyl groups is 6. The van der Waals surface area contributed by atoms with E-state index in [-0.39, 0.29) is 88.0 Å². The van der Waals surface area contributed by atoms with Crippen molar-refractivity contribution < 1.29 is 54.4 Å². The van der Waals surface area contributed by atoms with Gasteiger partial charge in [-0.05, 0) is 26.3 Å². The van der Waals surface area contributed by atoms with Gasteiger partial charge in [-0.3, -0.25) is 4.79 Å². The fourth-order valence-corrected chi connectivity index (χ4v) is 5.05. The summed E-state index contributed by atoms with van der Waals surface area (Å²) in [6.07, 6.45) is -16.1. The van der Waals surface area contributed by atoms with Crippen molar-refractivity contribution in [2.45, 2.75) is 118 Å². The zero-order valence-corrected chi connectivity index (χ0v) is 27.8. The Hall–Kier alpha value is 0.320. The summed E-state index contributed by atoms with van der Waals surface area (Å²) in [5.74, 6) is -0.793. The minimum atomic E-state index is -1.61. The zero-order chi connectivity index (χ0) is 29.2. The Morgan fingerprint density at radius 3 is 1.91 bits per heavy atom. The van der Waals surface area contributed by atoms with Gasteiger partial charge in [-0.15, -0.1) is 62.0 Å². The van der Waals surface area contributed by atoms with Crippen LogP contribution in [-0.4, -0.2) is 147 Å². The molecule has 0 aromatic heterocycles. The molecule has 1 saturated carbocycles. The summed E-state index contributed by atoms with van der Waals surface area (Å²) in [4.78, 5) is 12.6. The van der Waals surface area contributed by atoms with Crippen molar-refractivity contribution >= 4 is 67.9 Å². The molecule has 268 valence electrons. The molecule has 0 aromatic rings. The van der Waals surface area contributed by atoms with Crippen LogP contribution in [-0.2, 0) is 23.7 Å². The standard InChI is InChI=1S/C22H44N6O11.5ClH/c1-6-11(26)14(31)16(33)22(36-6)39-19-8(28-20(35)9(29)2-3-23)4-7(25)18(17(19)34)38-21-12(27)15(32)13(30)10(5-24)37-21;;;;;/h6-19,21-22,29-34H,2-5,23-27H2,1H3,(H,28,35);5*1H/t6-,7+,8-,9+,10-,11-,12-,13-,14+,15-,16-,17+,18-,19+,21-,22-;;;;;/m1...../s1. The van der Waals surface area contributed by atoms with E-state index in [9.17, 15) is 35.4 Å². The molecule has 1 amide bonds. The van der Waals surface area contributed by atoms with Gasteiger partial charge in [0.2, 0.25) is 5.91 Å². The topological polar surface area (TPSA) is 318 Å². The smallest absolute Gasteiger partial charge is 0.249 e. The van der Waals surface area contributed by atoms with E-state index in [0.29, 0.717) is 0 Å². The molecule has 0 unspecified atom stereocenters. The quantitative estimate of drug-likeness (QED) is 0.105. The second-order valence-corrected chi connectivity index (χ2v) is 10.4. The van der Waals surface area contributed by atoms with Crippen LogP contribution in [0.3, 0.4) is 0 Å². The molecule has 44 heavy (non-hydrogen) atoms. The summed E-state index contributed by atoms with van der Waals surface area (Å²) >= 11 is 0. The molecular formula is C22H49Cl5N6O11. The predicted octanol–water partition coefficient (Wildman–Crippen LogP) is -5.32. The highest BCUT2D eigenvalue weighted by Gasteiger charge is 2.52. The summed E-state index contributed by atoms with van der Waals surface area (Å²) < 4.78 is 23.0. The van der Waals surface area contributed by atoms with Gasteiger partial charge in [0.15, 0.2) is 12.6 Å². The first-order valence-corrected chi connectivity index (χ1v) is 13.0. The third-order valence-electron chi connectivity index (χ3n) is 7.57. The average molecular weight is 751 g/mol. The molecule has 3 aliphatic rings. The number of hydrogen-bond acceptors (Lipinski definition) is 16. The Bertz CT molecular complexity index is 824. The van der Waals surface area contributed by atoms with E-state index in [1.807, 2.05) is 0 Å². The van der Waals surface area contributed by atoms with Crippen molar-refractivity contribution in [3.8, 4) is 0 Å². The summed E-state index contributed by atoms with van der Waals surface area (Å²) in [6.45, 7) is 1.45. The Labute approximate surface area is 286 Å². The number of hydrogen-bond donors (Lipinski definition) is 12. The summed E-state index contributed by atoms with van der Waals surface area (Å²) in [5, 5.41) is 65.3. The summed E-state index contributed by atoms with van der Waals surface area (Å²) in [5.41, 5.74) is 29.2. The lowest BCUT2D eigenvalue weighted by Crippen LogP contribution is -2.70. The van der Waals surface area contributed by atoms with Crippen LogP contribution < -0.4 is 34.0 Å². The van der Waals surface area contributed by atoms with Crippen molar-refractivity contribution in [1.29, 1.82) is 0 Å². The second kappa shape index (κ2) is 21.3. The molecule has 22 heteroatoms. The molecule has 0 aromatic carbocycles. The highest BCUT2D eigenvalue weighted by molar-refractivity contribution is 5.86. The molecule has 3 rings (SSSR count). The minimum absolute atomic E-state index is 0. The first-order valence-electron chi connectivity index (χ1n) is 13.0. The lowest BCUT2D eigenvalue weighted by atomic mass is 9.83. The van der Waals surface area contributed by atoms with Crippen molar-refractivity contribution in [1.82, 2.24) is 5.32 Å². The maximum Gasteiger partial charge on any atom is 0.249 e. The molecule has 0 radical (unpaired) electrons. The first-order chi connectivity index (χ1) is 18.3. The molecular weight excluding hydrogens is 702 g/mol. The zero-order valence-electron chi connectivity index (χ0n) is 23.7. The Morgan fingerprint density at radius 1 is 0.818 bits per heavy atom. The number of carbonyl (C=O) groups is 1. The molecule has 0 bridgehead atoms. The number of aliphatic hydroxyl groups excluding tert-OH is 6. The van der Waals surface area contributed by atoms with Gasteiger partial charge in [0.05, 0.1) is 24.2 Å². The predicted molar refractivity (Wildman–Crippen MR) is 168 cm³/mol. The first kappa shape index (κ1) is 48.7. The van der Waals surface area contributed by atoms with Crippen molar-refractivity contribution in [3.05, 3.63) is 0 Å². The van der Waals surface area contributed by atoms with Crippen molar-refractivity contribution in [2.24, 2.45) is 28.7 Å².